The average molecular weight is 401 g/mol. The number of hydrogen-bond acceptors (Lipinski definition) is 1. The molecule has 0 spiro atoms. The molecule has 0 aliphatic carbocycles. The highest BCUT2D eigenvalue weighted by atomic mass is 19.1. The van der Waals surface area contributed by atoms with Gasteiger partial charge in [0.2, 0.25) is 0 Å². The summed E-state index contributed by atoms with van der Waals surface area (Å²) in [5, 5.41) is 11.8. The molecule has 150 valence electrons. The number of rotatable bonds is 4. The molecular weight excluding hydrogens is 381 g/mol. The van der Waals surface area contributed by atoms with Crippen molar-refractivity contribution in [2.45, 2.75) is 19.8 Å². The van der Waals surface area contributed by atoms with Gasteiger partial charge in [-0.3, -0.25) is 0 Å². The molecule has 0 amide bonds. The van der Waals surface area contributed by atoms with E-state index in [0.29, 0.717) is 22.3 Å². The lowest BCUT2D eigenvalue weighted by Crippen LogP contribution is -2.00. The van der Waals surface area contributed by atoms with Crippen LogP contribution in [0.4, 0.5) is 4.39 Å². The first kappa shape index (κ1) is 18.2. The molecule has 0 fully saturated rings. The maximum absolute atomic E-state index is 14.4. The summed E-state index contributed by atoms with van der Waals surface area (Å²) in [7, 11) is 0. The monoisotopic (exact) mass is 401 g/mol. The largest absolute Gasteiger partial charge is 0.477 e. The number of nitrogens with one attached hydrogen (secondary N) is 3. The Morgan fingerprint density at radius 1 is 0.967 bits per heavy atom. The van der Waals surface area contributed by atoms with E-state index in [1.54, 1.807) is 6.20 Å². The minimum absolute atomic E-state index is 0.00538. The molecule has 5 nitrogen and oxygen atoms in total. The quantitative estimate of drug-likeness (QED) is 0.286. The SMILES string of the molecule is CC(C)c1c(-c2cc(F)cc3[nH]ccc23)[nH]c(C(=O)O)c1-c1cccc2[nH]ccc12. The number of carboxylic acid groups (broad SMARTS) is 1. The van der Waals surface area contributed by atoms with Gasteiger partial charge in [0.25, 0.3) is 0 Å². The van der Waals surface area contributed by atoms with Crippen molar-refractivity contribution in [1.82, 2.24) is 15.0 Å². The van der Waals surface area contributed by atoms with Gasteiger partial charge in [0.05, 0.1) is 5.69 Å². The van der Waals surface area contributed by atoms with Crippen LogP contribution in [-0.2, 0) is 0 Å². The minimum atomic E-state index is -1.05. The molecule has 6 heteroatoms. The molecule has 0 bridgehead atoms. The van der Waals surface area contributed by atoms with Crippen LogP contribution in [-0.4, -0.2) is 26.0 Å². The third-order valence-electron chi connectivity index (χ3n) is 5.60. The van der Waals surface area contributed by atoms with Crippen molar-refractivity contribution < 1.29 is 14.3 Å². The molecule has 0 radical (unpaired) electrons. The van der Waals surface area contributed by atoms with Crippen LogP contribution >= 0.6 is 0 Å². The van der Waals surface area contributed by atoms with Crippen molar-refractivity contribution in [1.29, 1.82) is 0 Å². The van der Waals surface area contributed by atoms with Gasteiger partial charge in [0, 0.05) is 45.3 Å². The van der Waals surface area contributed by atoms with Crippen molar-refractivity contribution >= 4 is 27.8 Å². The minimum Gasteiger partial charge on any atom is -0.477 e. The number of carbonyl (C=O) groups is 1. The predicted octanol–water partition coefficient (Wildman–Crippen LogP) is 6.27. The first-order valence-electron chi connectivity index (χ1n) is 9.78. The summed E-state index contributed by atoms with van der Waals surface area (Å²) in [4.78, 5) is 21.6. The summed E-state index contributed by atoms with van der Waals surface area (Å²) in [6.07, 6.45) is 3.60. The van der Waals surface area contributed by atoms with Gasteiger partial charge < -0.3 is 20.1 Å². The lowest BCUT2D eigenvalue weighted by Gasteiger charge is -2.13. The summed E-state index contributed by atoms with van der Waals surface area (Å²) < 4.78 is 14.4. The number of benzene rings is 2. The van der Waals surface area contributed by atoms with E-state index in [2.05, 4.69) is 15.0 Å². The first-order valence-corrected chi connectivity index (χ1v) is 9.78. The number of aromatic nitrogens is 3. The van der Waals surface area contributed by atoms with E-state index in [9.17, 15) is 14.3 Å². The van der Waals surface area contributed by atoms with Crippen LogP contribution in [0.15, 0.2) is 54.9 Å². The van der Waals surface area contributed by atoms with Crippen molar-refractivity contribution in [3.63, 3.8) is 0 Å². The summed E-state index contributed by atoms with van der Waals surface area (Å²) in [5.41, 5.74) is 5.31. The number of fused-ring (bicyclic) bond motifs is 2. The van der Waals surface area contributed by atoms with Crippen LogP contribution in [0, 0.1) is 5.82 Å². The zero-order chi connectivity index (χ0) is 21.0. The third-order valence-corrected chi connectivity index (χ3v) is 5.60. The van der Waals surface area contributed by atoms with Gasteiger partial charge in [0.1, 0.15) is 11.5 Å². The van der Waals surface area contributed by atoms with E-state index in [1.165, 1.54) is 12.1 Å². The Kier molecular flexibility index (Phi) is 4.03. The Balaban J connectivity index is 1.91. The van der Waals surface area contributed by atoms with Crippen molar-refractivity contribution in [2.24, 2.45) is 0 Å². The Hall–Kier alpha value is -3.80. The van der Waals surface area contributed by atoms with Crippen LogP contribution in [0.3, 0.4) is 0 Å². The van der Waals surface area contributed by atoms with E-state index in [1.807, 2.05) is 50.4 Å². The second kappa shape index (κ2) is 6.62. The molecule has 0 saturated heterocycles. The number of H-pyrrole nitrogens is 3. The number of carboxylic acids is 1. The lowest BCUT2D eigenvalue weighted by atomic mass is 9.89. The number of halogens is 1. The van der Waals surface area contributed by atoms with Gasteiger partial charge in [-0.15, -0.1) is 0 Å². The van der Waals surface area contributed by atoms with E-state index in [-0.39, 0.29) is 17.4 Å². The number of aromatic amines is 3. The van der Waals surface area contributed by atoms with Gasteiger partial charge in [-0.1, -0.05) is 26.0 Å². The Labute approximate surface area is 171 Å². The van der Waals surface area contributed by atoms with E-state index in [4.69, 9.17) is 0 Å². The average Bonchev–Trinajstić information content (AvgIpc) is 3.43. The molecule has 0 atom stereocenters. The number of hydrogen-bond donors (Lipinski definition) is 4. The standard InChI is InChI=1S/C24H20FN3O2/c1-12(2)20-21(16-4-3-5-18-14(16)6-8-26-18)23(24(29)30)28-22(20)17-10-13(25)11-19-15(17)7-9-27-19/h3-12,26-28H,1-2H3,(H,29,30). The van der Waals surface area contributed by atoms with Crippen LogP contribution < -0.4 is 0 Å². The topological polar surface area (TPSA) is 84.7 Å². The Morgan fingerprint density at radius 2 is 1.67 bits per heavy atom. The molecule has 2 aromatic carbocycles. The third kappa shape index (κ3) is 2.64. The van der Waals surface area contributed by atoms with E-state index < -0.39 is 5.97 Å². The molecular formula is C24H20FN3O2. The Bertz CT molecular complexity index is 1420. The fraction of sp³-hybridized carbons (Fsp3) is 0.125. The molecule has 3 aromatic heterocycles. The fourth-order valence-electron chi connectivity index (χ4n) is 4.39. The maximum atomic E-state index is 14.4. The van der Waals surface area contributed by atoms with Crippen LogP contribution in [0.25, 0.3) is 44.2 Å². The molecule has 0 saturated carbocycles. The zero-order valence-electron chi connectivity index (χ0n) is 16.5. The van der Waals surface area contributed by atoms with Gasteiger partial charge in [0.15, 0.2) is 0 Å². The zero-order valence-corrected chi connectivity index (χ0v) is 16.5. The molecule has 0 unspecified atom stereocenters. The van der Waals surface area contributed by atoms with Gasteiger partial charge in [-0.25, -0.2) is 9.18 Å². The van der Waals surface area contributed by atoms with Crippen molar-refractivity contribution in [3.05, 3.63) is 71.9 Å². The lowest BCUT2D eigenvalue weighted by molar-refractivity contribution is 0.0692. The van der Waals surface area contributed by atoms with E-state index in [0.717, 1.165) is 27.4 Å². The molecule has 0 aliphatic heterocycles. The highest BCUT2D eigenvalue weighted by molar-refractivity contribution is 6.06. The highest BCUT2D eigenvalue weighted by Crippen LogP contribution is 2.43. The Morgan fingerprint density at radius 3 is 2.37 bits per heavy atom. The molecule has 5 rings (SSSR count). The number of aromatic carboxylic acids is 1. The van der Waals surface area contributed by atoms with Crippen LogP contribution in [0.5, 0.6) is 0 Å². The van der Waals surface area contributed by atoms with Crippen molar-refractivity contribution in [2.75, 3.05) is 0 Å². The maximum Gasteiger partial charge on any atom is 0.352 e. The predicted molar refractivity (Wildman–Crippen MR) is 116 cm³/mol. The molecule has 30 heavy (non-hydrogen) atoms. The second-order valence-electron chi connectivity index (χ2n) is 7.76. The van der Waals surface area contributed by atoms with E-state index >= 15 is 0 Å². The molecule has 4 N–H and O–H groups in total. The summed E-state index contributed by atoms with van der Waals surface area (Å²) >= 11 is 0. The summed E-state index contributed by atoms with van der Waals surface area (Å²) in [5.74, 6) is -1.42. The molecule has 0 aliphatic rings. The highest BCUT2D eigenvalue weighted by Gasteiger charge is 2.27. The van der Waals surface area contributed by atoms with Gasteiger partial charge >= 0.3 is 5.97 Å². The van der Waals surface area contributed by atoms with Crippen molar-refractivity contribution in [3.8, 4) is 22.4 Å². The second-order valence-corrected chi connectivity index (χ2v) is 7.76. The molecule has 5 aromatic rings. The van der Waals surface area contributed by atoms with Crippen LogP contribution in [0.2, 0.25) is 0 Å². The summed E-state index contributed by atoms with van der Waals surface area (Å²) in [6.45, 7) is 4.04. The summed E-state index contributed by atoms with van der Waals surface area (Å²) in [6, 6.07) is 12.5. The fourth-order valence-corrected chi connectivity index (χ4v) is 4.39. The van der Waals surface area contributed by atoms with Crippen LogP contribution in [0.1, 0.15) is 35.8 Å². The molecule has 3 heterocycles. The first-order chi connectivity index (χ1) is 14.5. The van der Waals surface area contributed by atoms with Gasteiger partial charge in [-0.05, 0) is 47.4 Å². The smallest absolute Gasteiger partial charge is 0.352 e. The van der Waals surface area contributed by atoms with Gasteiger partial charge in [-0.2, -0.15) is 0 Å². The normalized spacial score (nSPS) is 11.7.